The van der Waals surface area contributed by atoms with Gasteiger partial charge in [-0.25, -0.2) is 0 Å². The predicted octanol–water partition coefficient (Wildman–Crippen LogP) is 0.369. The zero-order valence-corrected chi connectivity index (χ0v) is 16.1. The molecule has 0 bridgehead atoms. The van der Waals surface area contributed by atoms with Crippen molar-refractivity contribution < 1.29 is 43.8 Å². The molecule has 1 saturated heterocycles. The molecule has 10 heteroatoms. The maximum atomic E-state index is 12.3. The molecule has 3 rings (SSSR count). The average molecular weight is 437 g/mol. The summed E-state index contributed by atoms with van der Waals surface area (Å²) >= 11 is 0. The Morgan fingerprint density at radius 3 is 2.35 bits per heavy atom. The summed E-state index contributed by atoms with van der Waals surface area (Å²) in [5.41, 5.74) is 1.32. The maximum absolute atomic E-state index is 12.3. The lowest BCUT2D eigenvalue weighted by Crippen LogP contribution is -2.63. The van der Waals surface area contributed by atoms with Gasteiger partial charge in [-0.05, 0) is 41.8 Å². The Hall–Kier alpha value is -2.65. The number of nitriles is 1. The first-order chi connectivity index (χ1) is 14.7. The second kappa shape index (κ2) is 9.23. The monoisotopic (exact) mass is 437 g/mol. The van der Waals surface area contributed by atoms with E-state index in [9.17, 15) is 39.6 Å². The van der Waals surface area contributed by atoms with Crippen LogP contribution < -0.4 is 4.74 Å². The molecule has 5 atom stereocenters. The maximum Gasteiger partial charge on any atom is 0.387 e. The van der Waals surface area contributed by atoms with Gasteiger partial charge in [0.2, 0.25) is 5.79 Å². The predicted molar refractivity (Wildman–Crippen MR) is 101 cm³/mol. The fourth-order valence-electron chi connectivity index (χ4n) is 3.47. The van der Waals surface area contributed by atoms with Gasteiger partial charge in [0, 0.05) is 5.56 Å². The number of nitrogens with zero attached hydrogens (tertiary/aromatic N) is 1. The quantitative estimate of drug-likeness (QED) is 0.436. The molecule has 31 heavy (non-hydrogen) atoms. The molecular formula is C21H21F2NO7. The first-order valence-electron chi connectivity index (χ1n) is 9.32. The van der Waals surface area contributed by atoms with Gasteiger partial charge in [-0.3, -0.25) is 0 Å². The van der Waals surface area contributed by atoms with Crippen LogP contribution in [-0.4, -0.2) is 63.2 Å². The molecule has 0 spiro atoms. The van der Waals surface area contributed by atoms with Gasteiger partial charge in [-0.2, -0.15) is 14.0 Å². The Labute approximate surface area is 176 Å². The summed E-state index contributed by atoms with van der Waals surface area (Å²) in [5, 5.41) is 60.0. The highest BCUT2D eigenvalue weighted by Crippen LogP contribution is 2.37. The van der Waals surface area contributed by atoms with Crippen LogP contribution in [0, 0.1) is 11.3 Å². The van der Waals surface area contributed by atoms with Gasteiger partial charge in [0.15, 0.2) is 0 Å². The van der Waals surface area contributed by atoms with Crippen LogP contribution in [0.5, 0.6) is 5.75 Å². The van der Waals surface area contributed by atoms with Crippen molar-refractivity contribution in [3.05, 3.63) is 64.7 Å². The SMILES string of the molecule is N#Cc1ccc([C@@]2(O)O[C@H](CO)[C@@H](O)[C@H](O)[C@H]2O)cc1Cc1ccc(OC(F)F)cc1. The van der Waals surface area contributed by atoms with Gasteiger partial charge >= 0.3 is 6.61 Å². The van der Waals surface area contributed by atoms with Gasteiger partial charge in [0.1, 0.15) is 30.2 Å². The molecule has 8 nitrogen and oxygen atoms in total. The lowest BCUT2D eigenvalue weighted by molar-refractivity contribution is -0.357. The Kier molecular flexibility index (Phi) is 6.86. The zero-order valence-electron chi connectivity index (χ0n) is 16.1. The van der Waals surface area contributed by atoms with Crippen molar-refractivity contribution >= 4 is 0 Å². The third kappa shape index (κ3) is 4.67. The third-order valence-corrected chi connectivity index (χ3v) is 5.15. The zero-order chi connectivity index (χ0) is 22.8. The molecule has 0 radical (unpaired) electrons. The standard InChI is InChI=1S/C21H21F2NO7/c22-20(23)30-15-5-1-11(2-6-15)7-13-8-14(4-3-12(13)9-24)21(29)19(28)18(27)17(26)16(10-25)31-21/h1-6,8,16-20,25-29H,7,10H2/t16-,17-,18+,19-,21-/m1/s1. The van der Waals surface area contributed by atoms with E-state index in [4.69, 9.17) is 4.74 Å². The second-order valence-electron chi connectivity index (χ2n) is 7.14. The fraction of sp³-hybridized carbons (Fsp3) is 0.381. The van der Waals surface area contributed by atoms with E-state index in [1.807, 2.05) is 6.07 Å². The summed E-state index contributed by atoms with van der Waals surface area (Å²) in [4.78, 5) is 0. The molecule has 0 amide bonds. The molecule has 166 valence electrons. The summed E-state index contributed by atoms with van der Waals surface area (Å²) in [6.07, 6.45) is -6.53. The molecule has 5 N–H and O–H groups in total. The molecule has 1 aliphatic rings. The first kappa shape index (κ1) is 23.0. The Balaban J connectivity index is 1.92. The van der Waals surface area contributed by atoms with Crippen LogP contribution >= 0.6 is 0 Å². The number of rotatable bonds is 6. The topological polar surface area (TPSA) is 143 Å². The number of aliphatic hydroxyl groups is 5. The Morgan fingerprint density at radius 1 is 1.10 bits per heavy atom. The summed E-state index contributed by atoms with van der Waals surface area (Å²) in [7, 11) is 0. The minimum absolute atomic E-state index is 0.00365. The van der Waals surface area contributed by atoms with Crippen molar-refractivity contribution in [3.63, 3.8) is 0 Å². The van der Waals surface area contributed by atoms with Crippen LogP contribution in [0.15, 0.2) is 42.5 Å². The molecule has 0 aromatic heterocycles. The first-order valence-corrected chi connectivity index (χ1v) is 9.32. The summed E-state index contributed by atoms with van der Waals surface area (Å²) in [6.45, 7) is -3.67. The molecular weight excluding hydrogens is 416 g/mol. The Bertz CT molecular complexity index is 948. The van der Waals surface area contributed by atoms with Gasteiger partial charge in [0.05, 0.1) is 18.2 Å². The summed E-state index contributed by atoms with van der Waals surface area (Å²) in [6, 6.07) is 11.9. The van der Waals surface area contributed by atoms with Crippen molar-refractivity contribution in [1.29, 1.82) is 5.26 Å². The summed E-state index contributed by atoms with van der Waals surface area (Å²) < 4.78 is 34.2. The largest absolute Gasteiger partial charge is 0.435 e. The molecule has 1 fully saturated rings. The van der Waals surface area contributed by atoms with Crippen LogP contribution in [0.3, 0.4) is 0 Å². The van der Waals surface area contributed by atoms with Crippen LogP contribution in [0.2, 0.25) is 0 Å². The van der Waals surface area contributed by atoms with Crippen LogP contribution in [-0.2, 0) is 16.9 Å². The minimum Gasteiger partial charge on any atom is -0.435 e. The highest BCUT2D eigenvalue weighted by Gasteiger charge is 2.53. The van der Waals surface area contributed by atoms with Crippen molar-refractivity contribution in [2.45, 2.75) is 43.2 Å². The number of hydrogen-bond acceptors (Lipinski definition) is 8. The van der Waals surface area contributed by atoms with Crippen molar-refractivity contribution in [3.8, 4) is 11.8 Å². The van der Waals surface area contributed by atoms with Gasteiger partial charge in [0.25, 0.3) is 0 Å². The number of alkyl halides is 2. The minimum atomic E-state index is -2.95. The number of aliphatic hydroxyl groups excluding tert-OH is 4. The van der Waals surface area contributed by atoms with Gasteiger partial charge in [-0.15, -0.1) is 0 Å². The van der Waals surface area contributed by atoms with E-state index in [2.05, 4.69) is 4.74 Å². The molecule has 2 aromatic carbocycles. The van der Waals surface area contributed by atoms with E-state index < -0.39 is 43.4 Å². The number of halogens is 2. The van der Waals surface area contributed by atoms with Gasteiger partial charge in [-0.1, -0.05) is 18.2 Å². The van der Waals surface area contributed by atoms with E-state index in [0.717, 1.165) is 0 Å². The van der Waals surface area contributed by atoms with E-state index in [1.165, 1.54) is 42.5 Å². The van der Waals surface area contributed by atoms with E-state index in [1.54, 1.807) is 0 Å². The number of hydrogen-bond donors (Lipinski definition) is 5. The van der Waals surface area contributed by atoms with Crippen molar-refractivity contribution in [1.82, 2.24) is 0 Å². The molecule has 2 aromatic rings. The van der Waals surface area contributed by atoms with E-state index in [0.29, 0.717) is 11.1 Å². The number of ether oxygens (including phenoxy) is 2. The molecule has 0 aliphatic carbocycles. The molecule has 0 unspecified atom stereocenters. The van der Waals surface area contributed by atoms with Crippen molar-refractivity contribution in [2.75, 3.05) is 6.61 Å². The highest BCUT2D eigenvalue weighted by molar-refractivity contribution is 5.45. The van der Waals surface area contributed by atoms with E-state index in [-0.39, 0.29) is 23.3 Å². The van der Waals surface area contributed by atoms with E-state index >= 15 is 0 Å². The Morgan fingerprint density at radius 2 is 1.77 bits per heavy atom. The van der Waals surface area contributed by atoms with Crippen molar-refractivity contribution in [2.24, 2.45) is 0 Å². The normalized spacial score (nSPS) is 28.4. The molecule has 0 saturated carbocycles. The van der Waals surface area contributed by atoms with Crippen LogP contribution in [0.1, 0.15) is 22.3 Å². The molecule has 1 aliphatic heterocycles. The second-order valence-corrected chi connectivity index (χ2v) is 7.14. The highest BCUT2D eigenvalue weighted by atomic mass is 19.3. The fourth-order valence-corrected chi connectivity index (χ4v) is 3.47. The molecule has 1 heterocycles. The third-order valence-electron chi connectivity index (χ3n) is 5.15. The smallest absolute Gasteiger partial charge is 0.387 e. The van der Waals surface area contributed by atoms with Crippen LogP contribution in [0.4, 0.5) is 8.78 Å². The average Bonchev–Trinajstić information content (AvgIpc) is 2.75. The lowest BCUT2D eigenvalue weighted by Gasteiger charge is -2.45. The lowest BCUT2D eigenvalue weighted by atomic mass is 9.86. The van der Waals surface area contributed by atoms with Crippen LogP contribution in [0.25, 0.3) is 0 Å². The van der Waals surface area contributed by atoms with Gasteiger partial charge < -0.3 is 35.0 Å². The summed E-state index contributed by atoms with van der Waals surface area (Å²) in [5.74, 6) is -2.48. The number of benzene rings is 2.